The van der Waals surface area contributed by atoms with Crippen LogP contribution in [0.4, 0.5) is 14.6 Å². The van der Waals surface area contributed by atoms with Gasteiger partial charge in [0.05, 0.1) is 11.4 Å². The Bertz CT molecular complexity index is 387. The third-order valence-corrected chi connectivity index (χ3v) is 1.94. The Morgan fingerprint density at radius 2 is 2.29 bits per heavy atom. The topological polar surface area (TPSA) is 62.7 Å². The molecule has 1 aromatic rings. The van der Waals surface area contributed by atoms with Crippen molar-refractivity contribution in [3.63, 3.8) is 0 Å². The van der Waals surface area contributed by atoms with Crippen LogP contribution >= 0.6 is 11.6 Å². The quantitative estimate of drug-likeness (QED) is 0.773. The molecule has 74 valence electrons. The van der Waals surface area contributed by atoms with Crippen molar-refractivity contribution in [1.29, 1.82) is 5.26 Å². The van der Waals surface area contributed by atoms with Crippen LogP contribution in [0.3, 0.4) is 0 Å². The highest BCUT2D eigenvalue weighted by Crippen LogP contribution is 2.25. The van der Waals surface area contributed by atoms with Gasteiger partial charge in [-0.15, -0.1) is 11.6 Å². The number of nitrogen functional groups attached to an aromatic ring is 1. The number of nitrogens with zero attached hydrogens (tertiary/aromatic N) is 2. The summed E-state index contributed by atoms with van der Waals surface area (Å²) >= 11 is 5.46. The van der Waals surface area contributed by atoms with Gasteiger partial charge < -0.3 is 5.73 Å². The summed E-state index contributed by atoms with van der Waals surface area (Å²) in [5.74, 6) is 0.00511. The molecular formula is C8H6ClF2N3. The zero-order valence-corrected chi connectivity index (χ0v) is 7.72. The Morgan fingerprint density at radius 3 is 2.71 bits per heavy atom. The van der Waals surface area contributed by atoms with Gasteiger partial charge in [-0.3, -0.25) is 0 Å². The highest BCUT2D eigenvalue weighted by Gasteiger charge is 2.16. The van der Waals surface area contributed by atoms with Crippen LogP contribution in [0.25, 0.3) is 0 Å². The molecule has 0 aromatic carbocycles. The summed E-state index contributed by atoms with van der Waals surface area (Å²) in [7, 11) is 0. The van der Waals surface area contributed by atoms with E-state index < -0.39 is 12.0 Å². The molecule has 0 aliphatic carbocycles. The maximum atomic E-state index is 12.4. The van der Waals surface area contributed by atoms with E-state index in [9.17, 15) is 8.78 Å². The summed E-state index contributed by atoms with van der Waals surface area (Å²) in [6.07, 6.45) is -2.75. The number of pyridine rings is 1. The molecule has 0 saturated carbocycles. The first-order chi connectivity index (χ1) is 6.60. The van der Waals surface area contributed by atoms with E-state index in [1.807, 2.05) is 0 Å². The van der Waals surface area contributed by atoms with Gasteiger partial charge in [0, 0.05) is 5.56 Å². The van der Waals surface area contributed by atoms with Gasteiger partial charge in [0.25, 0.3) is 6.43 Å². The van der Waals surface area contributed by atoms with Gasteiger partial charge in [-0.1, -0.05) is 0 Å². The highest BCUT2D eigenvalue weighted by molar-refractivity contribution is 6.17. The molecule has 0 aliphatic heterocycles. The minimum Gasteiger partial charge on any atom is -0.383 e. The number of nitrogens with two attached hydrogens (primary N) is 1. The molecule has 0 radical (unpaired) electrons. The maximum Gasteiger partial charge on any atom is 0.266 e. The second-order valence-corrected chi connectivity index (χ2v) is 2.78. The summed E-state index contributed by atoms with van der Waals surface area (Å²) in [4.78, 5) is 3.54. The minimum atomic E-state index is -2.75. The first kappa shape index (κ1) is 10.7. The van der Waals surface area contributed by atoms with Gasteiger partial charge in [0.1, 0.15) is 11.9 Å². The van der Waals surface area contributed by atoms with Crippen molar-refractivity contribution in [2.75, 3.05) is 5.73 Å². The lowest BCUT2D eigenvalue weighted by Crippen LogP contribution is -2.03. The number of alkyl halides is 3. The van der Waals surface area contributed by atoms with E-state index >= 15 is 0 Å². The number of hydrogen-bond donors (Lipinski definition) is 1. The molecule has 0 bridgehead atoms. The lowest BCUT2D eigenvalue weighted by Gasteiger charge is -2.06. The smallest absolute Gasteiger partial charge is 0.266 e. The average molecular weight is 218 g/mol. The summed E-state index contributed by atoms with van der Waals surface area (Å²) < 4.78 is 24.8. The fraction of sp³-hybridized carbons (Fsp3) is 0.250. The van der Waals surface area contributed by atoms with E-state index in [1.165, 1.54) is 0 Å². The summed E-state index contributed by atoms with van der Waals surface area (Å²) in [5, 5.41) is 8.52. The number of rotatable bonds is 2. The van der Waals surface area contributed by atoms with Gasteiger partial charge >= 0.3 is 0 Å². The highest BCUT2D eigenvalue weighted by atomic mass is 35.5. The van der Waals surface area contributed by atoms with Crippen molar-refractivity contribution in [3.05, 3.63) is 22.9 Å². The molecule has 6 heteroatoms. The molecule has 1 rings (SSSR count). The van der Waals surface area contributed by atoms with E-state index in [-0.39, 0.29) is 17.4 Å². The number of aromatic nitrogens is 1. The van der Waals surface area contributed by atoms with Crippen molar-refractivity contribution >= 4 is 17.4 Å². The van der Waals surface area contributed by atoms with E-state index in [0.717, 1.165) is 6.07 Å². The van der Waals surface area contributed by atoms with Crippen LogP contribution in [0.5, 0.6) is 0 Å². The van der Waals surface area contributed by atoms with Crippen LogP contribution in [0, 0.1) is 11.3 Å². The molecule has 14 heavy (non-hydrogen) atoms. The normalized spacial score (nSPS) is 10.2. The van der Waals surface area contributed by atoms with Crippen LogP contribution in [0.1, 0.15) is 23.2 Å². The van der Waals surface area contributed by atoms with Gasteiger partial charge in [-0.25, -0.2) is 13.8 Å². The number of halogens is 3. The van der Waals surface area contributed by atoms with Crippen LogP contribution in [0.15, 0.2) is 6.07 Å². The molecular weight excluding hydrogens is 212 g/mol. The molecule has 0 unspecified atom stereocenters. The Balaban J connectivity index is 3.34. The largest absolute Gasteiger partial charge is 0.383 e. The first-order valence-corrected chi connectivity index (χ1v) is 4.17. The van der Waals surface area contributed by atoms with Crippen molar-refractivity contribution in [2.45, 2.75) is 12.3 Å². The molecule has 0 fully saturated rings. The maximum absolute atomic E-state index is 12.4. The molecule has 0 aliphatic rings. The molecule has 0 atom stereocenters. The fourth-order valence-corrected chi connectivity index (χ4v) is 1.16. The molecule has 2 N–H and O–H groups in total. The molecule has 3 nitrogen and oxygen atoms in total. The van der Waals surface area contributed by atoms with Crippen molar-refractivity contribution in [1.82, 2.24) is 4.98 Å². The third kappa shape index (κ3) is 1.91. The van der Waals surface area contributed by atoms with Crippen molar-refractivity contribution < 1.29 is 8.78 Å². The molecule has 1 aromatic heterocycles. The monoisotopic (exact) mass is 217 g/mol. The average Bonchev–Trinajstić information content (AvgIpc) is 2.16. The van der Waals surface area contributed by atoms with Crippen LogP contribution in [-0.4, -0.2) is 4.98 Å². The van der Waals surface area contributed by atoms with Crippen molar-refractivity contribution in [2.24, 2.45) is 0 Å². The Kier molecular flexibility index (Phi) is 3.20. The first-order valence-electron chi connectivity index (χ1n) is 3.63. The second kappa shape index (κ2) is 4.20. The summed E-state index contributed by atoms with van der Waals surface area (Å²) in [6, 6.07) is 2.66. The lowest BCUT2D eigenvalue weighted by molar-refractivity contribution is 0.150. The number of hydrogen-bond acceptors (Lipinski definition) is 3. The Labute approximate surface area is 84.1 Å². The number of nitriles is 1. The zero-order valence-electron chi connectivity index (χ0n) is 6.97. The molecule has 0 spiro atoms. The van der Waals surface area contributed by atoms with Crippen LogP contribution in [-0.2, 0) is 5.88 Å². The van der Waals surface area contributed by atoms with Gasteiger partial charge in [0.2, 0.25) is 0 Å². The van der Waals surface area contributed by atoms with Gasteiger partial charge in [-0.05, 0) is 6.07 Å². The SMILES string of the molecule is N#Cc1nc(N)c(CCl)cc1C(F)F. The zero-order chi connectivity index (χ0) is 10.7. The molecule has 0 amide bonds. The summed E-state index contributed by atoms with van der Waals surface area (Å²) in [6.45, 7) is 0. The van der Waals surface area contributed by atoms with Crippen molar-refractivity contribution in [3.8, 4) is 6.07 Å². The molecule has 0 saturated heterocycles. The van der Waals surface area contributed by atoms with E-state index in [4.69, 9.17) is 22.6 Å². The lowest BCUT2D eigenvalue weighted by atomic mass is 10.1. The van der Waals surface area contributed by atoms with E-state index in [1.54, 1.807) is 6.07 Å². The van der Waals surface area contributed by atoms with E-state index in [0.29, 0.717) is 5.56 Å². The van der Waals surface area contributed by atoms with Crippen LogP contribution < -0.4 is 5.73 Å². The minimum absolute atomic E-state index is 0.00966. The fourth-order valence-electron chi connectivity index (χ4n) is 0.950. The Hall–Kier alpha value is -1.41. The van der Waals surface area contributed by atoms with Gasteiger partial charge in [-0.2, -0.15) is 5.26 Å². The standard InChI is InChI=1S/C8H6ClF2N3/c9-2-4-1-5(7(10)11)6(3-12)14-8(4)13/h1,7H,2H2,(H2,13,14). The number of anilines is 1. The van der Waals surface area contributed by atoms with Crippen LogP contribution in [0.2, 0.25) is 0 Å². The summed E-state index contributed by atoms with van der Waals surface area (Å²) in [5.41, 5.74) is 4.90. The second-order valence-electron chi connectivity index (χ2n) is 2.52. The third-order valence-electron chi connectivity index (χ3n) is 1.65. The Morgan fingerprint density at radius 1 is 1.64 bits per heavy atom. The predicted molar refractivity (Wildman–Crippen MR) is 47.9 cm³/mol. The molecule has 1 heterocycles. The van der Waals surface area contributed by atoms with E-state index in [2.05, 4.69) is 4.98 Å². The predicted octanol–water partition coefficient (Wildman–Crippen LogP) is 2.21. The van der Waals surface area contributed by atoms with Gasteiger partial charge in [0.15, 0.2) is 5.69 Å².